The first-order chi connectivity index (χ1) is 28.1. The van der Waals surface area contributed by atoms with E-state index < -0.39 is 84.7 Å². The average Bonchev–Trinajstić information content (AvgIpc) is 3.86. The number of carboxylic acid groups (broad SMARTS) is 1. The summed E-state index contributed by atoms with van der Waals surface area (Å²) in [6.45, 7) is 6.67. The van der Waals surface area contributed by atoms with E-state index in [0.717, 1.165) is 44.9 Å². The van der Waals surface area contributed by atoms with Crippen LogP contribution in [0.25, 0.3) is 0 Å². The van der Waals surface area contributed by atoms with Gasteiger partial charge < -0.3 is 46.7 Å². The summed E-state index contributed by atoms with van der Waals surface area (Å²) in [6, 6.07) is 4.25. The third-order valence-corrected chi connectivity index (χ3v) is 10.6. The quantitative estimate of drug-likeness (QED) is 0.0675. The summed E-state index contributed by atoms with van der Waals surface area (Å²) < 4.78 is 1.89. The molecule has 0 spiro atoms. The van der Waals surface area contributed by atoms with E-state index in [-0.39, 0.29) is 24.7 Å². The Hall–Kier alpha value is -5.32. The Balaban J connectivity index is 1.75. The lowest BCUT2D eigenvalue weighted by molar-refractivity contribution is -0.139. The topological polar surface area (TPSA) is 255 Å². The van der Waals surface area contributed by atoms with Gasteiger partial charge in [0.1, 0.15) is 30.2 Å². The molecular formula is C42H64N8O9. The largest absolute Gasteiger partial charge is 0.481 e. The van der Waals surface area contributed by atoms with E-state index in [1.54, 1.807) is 12.5 Å². The van der Waals surface area contributed by atoms with Crippen LogP contribution < -0.4 is 27.0 Å². The number of aliphatic hydroxyl groups is 1. The Kier molecular flexibility index (Phi) is 20.0. The van der Waals surface area contributed by atoms with E-state index in [2.05, 4.69) is 50.5 Å². The molecule has 2 heterocycles. The highest BCUT2D eigenvalue weighted by molar-refractivity contribution is 5.96. The number of carboxylic acids is 1. The maximum atomic E-state index is 14.0. The number of nitrogens with two attached hydrogens (primary N) is 1. The molecule has 6 amide bonds. The summed E-state index contributed by atoms with van der Waals surface area (Å²) in [4.78, 5) is 96.1. The molecule has 0 unspecified atom stereocenters. The maximum Gasteiger partial charge on any atom is 0.303 e. The molecule has 1 aliphatic heterocycles. The number of aryl methyl sites for hydroxylation is 2. The molecule has 0 radical (unpaired) electrons. The van der Waals surface area contributed by atoms with E-state index in [9.17, 15) is 43.8 Å². The minimum absolute atomic E-state index is 0.0553. The fraction of sp³-hybridized carbons (Fsp3) is 0.619. The van der Waals surface area contributed by atoms with Gasteiger partial charge in [-0.3, -0.25) is 33.6 Å². The molecule has 59 heavy (non-hydrogen) atoms. The van der Waals surface area contributed by atoms with Crippen molar-refractivity contribution in [3.8, 4) is 0 Å². The summed E-state index contributed by atoms with van der Waals surface area (Å²) in [5.74, 6) is -6.42. The van der Waals surface area contributed by atoms with Crippen LogP contribution in [-0.4, -0.2) is 109 Å². The van der Waals surface area contributed by atoms with Crippen molar-refractivity contribution in [3.63, 3.8) is 0 Å². The fourth-order valence-corrected chi connectivity index (χ4v) is 7.37. The summed E-state index contributed by atoms with van der Waals surface area (Å²) >= 11 is 0. The second-order valence-electron chi connectivity index (χ2n) is 16.0. The first-order valence-electron chi connectivity index (χ1n) is 20.7. The van der Waals surface area contributed by atoms with E-state index >= 15 is 0 Å². The van der Waals surface area contributed by atoms with Crippen LogP contribution in [-0.2, 0) is 52.9 Å². The Labute approximate surface area is 346 Å². The minimum atomic E-state index is -1.61. The number of likely N-dealkylation sites (tertiary alicyclic amines) is 1. The Bertz CT molecular complexity index is 1700. The molecule has 6 atom stereocenters. The van der Waals surface area contributed by atoms with Crippen molar-refractivity contribution in [2.75, 3.05) is 13.2 Å². The molecule has 2 aromatic rings. The monoisotopic (exact) mass is 824 g/mol. The third-order valence-electron chi connectivity index (χ3n) is 10.6. The Morgan fingerprint density at radius 2 is 1.47 bits per heavy atom. The summed E-state index contributed by atoms with van der Waals surface area (Å²) in [5.41, 5.74) is 7.40. The highest BCUT2D eigenvalue weighted by Gasteiger charge is 2.36. The number of hydrogen-bond donors (Lipinski definition) is 7. The zero-order valence-corrected chi connectivity index (χ0v) is 34.9. The molecule has 17 heteroatoms. The molecule has 326 valence electrons. The molecule has 3 rings (SSSR count). The number of benzene rings is 1. The normalized spacial score (nSPS) is 16.4. The smallest absolute Gasteiger partial charge is 0.303 e. The van der Waals surface area contributed by atoms with Gasteiger partial charge in [0.25, 0.3) is 0 Å². The van der Waals surface area contributed by atoms with Crippen LogP contribution in [0.5, 0.6) is 0 Å². The molecule has 0 bridgehead atoms. The molecule has 1 aromatic heterocycles. The van der Waals surface area contributed by atoms with Crippen molar-refractivity contribution in [1.29, 1.82) is 0 Å². The van der Waals surface area contributed by atoms with Crippen molar-refractivity contribution in [1.82, 2.24) is 35.7 Å². The van der Waals surface area contributed by atoms with Gasteiger partial charge in [-0.05, 0) is 55.9 Å². The van der Waals surface area contributed by atoms with Crippen LogP contribution in [0.3, 0.4) is 0 Å². The van der Waals surface area contributed by atoms with Gasteiger partial charge in [0.05, 0.1) is 19.4 Å². The molecule has 1 aromatic carbocycles. The number of carbonyl (C=O) groups excluding carboxylic acids is 6. The lowest BCUT2D eigenvalue weighted by Gasteiger charge is -2.28. The third kappa shape index (κ3) is 16.1. The van der Waals surface area contributed by atoms with Gasteiger partial charge in [-0.2, -0.15) is 0 Å². The molecule has 0 aliphatic carbocycles. The van der Waals surface area contributed by atoms with Gasteiger partial charge >= 0.3 is 5.97 Å². The van der Waals surface area contributed by atoms with Crippen LogP contribution in [0.15, 0.2) is 42.9 Å². The number of rotatable bonds is 26. The summed E-state index contributed by atoms with van der Waals surface area (Å²) in [6.07, 6.45) is 11.3. The van der Waals surface area contributed by atoms with Crippen molar-refractivity contribution in [2.45, 2.75) is 141 Å². The Morgan fingerprint density at radius 3 is 2.10 bits per heavy atom. The van der Waals surface area contributed by atoms with Crippen molar-refractivity contribution >= 4 is 41.4 Å². The molecule has 1 fully saturated rings. The number of hydrogen-bond acceptors (Lipinski definition) is 9. The number of nitrogens with zero attached hydrogens (tertiary/aromatic N) is 3. The minimum Gasteiger partial charge on any atom is -0.481 e. The number of imidazole rings is 1. The SMILES string of the molecule is CC(=O)N1CCC[C@H]1C(=O)N[C@@H](CC(C)C)C(=O)N[C@@H](Cc1cncn1CCCCCCCCc1ccccc1)C(=O)N[C@@H](CO)C(=O)N[C@H](C(N)=O)[C@@H](C)CC(=O)O. The van der Waals surface area contributed by atoms with E-state index in [0.29, 0.717) is 31.6 Å². The standard InChI is InChI=1S/C42H64N8O9/c1-27(2)21-32(46-42(59)35-18-14-20-50(35)29(4)52)39(56)45-33(40(57)47-34(25-51)41(58)48-37(38(43)55)28(3)22-36(53)54)23-31-24-44-26-49(31)19-13-8-6-5-7-10-15-30-16-11-9-12-17-30/h9,11-12,16-17,24,26-28,32-35,37,51H,5-8,10,13-15,18-23,25H2,1-4H3,(H2,43,55)(H,45,56)(H,46,59)(H,47,57)(H,48,58)(H,53,54)/t28-,32-,33-,34-,35-,37-/m0/s1. The van der Waals surface area contributed by atoms with Crippen LogP contribution in [0.1, 0.15) is 103 Å². The molecule has 8 N–H and O–H groups in total. The van der Waals surface area contributed by atoms with Crippen LogP contribution in [0.4, 0.5) is 0 Å². The number of unbranched alkanes of at least 4 members (excludes halogenated alkanes) is 5. The van der Waals surface area contributed by atoms with Gasteiger partial charge in [-0.15, -0.1) is 0 Å². The van der Waals surface area contributed by atoms with Gasteiger partial charge in [0.15, 0.2) is 0 Å². The van der Waals surface area contributed by atoms with Gasteiger partial charge in [0, 0.05) is 38.3 Å². The second-order valence-corrected chi connectivity index (χ2v) is 16.0. The van der Waals surface area contributed by atoms with Crippen molar-refractivity contribution in [3.05, 3.63) is 54.1 Å². The zero-order chi connectivity index (χ0) is 43.5. The number of aliphatic hydroxyl groups excluding tert-OH is 1. The molecular weight excluding hydrogens is 761 g/mol. The van der Waals surface area contributed by atoms with Crippen LogP contribution in [0, 0.1) is 11.8 Å². The second kappa shape index (κ2) is 24.6. The number of primary amides is 1. The first-order valence-corrected chi connectivity index (χ1v) is 20.7. The number of nitrogens with one attached hydrogen (secondary N) is 4. The highest BCUT2D eigenvalue weighted by Crippen LogP contribution is 2.19. The number of aliphatic carboxylic acids is 1. The predicted octanol–water partition coefficient (Wildman–Crippen LogP) is 1.59. The number of amides is 6. The zero-order valence-electron chi connectivity index (χ0n) is 34.9. The van der Waals surface area contributed by atoms with Gasteiger partial charge in [-0.1, -0.05) is 76.8 Å². The van der Waals surface area contributed by atoms with Gasteiger partial charge in [-0.25, -0.2) is 4.98 Å². The van der Waals surface area contributed by atoms with E-state index in [1.807, 2.05) is 24.5 Å². The fourth-order valence-electron chi connectivity index (χ4n) is 7.37. The lowest BCUT2D eigenvalue weighted by atomic mass is 9.97. The van der Waals surface area contributed by atoms with Gasteiger partial charge in [0.2, 0.25) is 35.4 Å². The molecule has 0 saturated carbocycles. The molecule has 17 nitrogen and oxygen atoms in total. The van der Waals surface area contributed by atoms with E-state index in [1.165, 1.54) is 24.3 Å². The van der Waals surface area contributed by atoms with E-state index in [4.69, 9.17) is 5.73 Å². The molecule has 1 aliphatic rings. The first kappa shape index (κ1) is 48.1. The number of aromatic nitrogens is 2. The number of carbonyl (C=O) groups is 7. The molecule has 1 saturated heterocycles. The van der Waals surface area contributed by atoms with Crippen molar-refractivity contribution in [2.24, 2.45) is 17.6 Å². The Morgan fingerprint density at radius 1 is 0.847 bits per heavy atom. The lowest BCUT2D eigenvalue weighted by Crippen LogP contribution is -2.60. The van der Waals surface area contributed by atoms with Crippen LogP contribution in [0.2, 0.25) is 0 Å². The highest BCUT2D eigenvalue weighted by atomic mass is 16.4. The van der Waals surface area contributed by atoms with Crippen molar-refractivity contribution < 1.29 is 43.8 Å². The predicted molar refractivity (Wildman–Crippen MR) is 219 cm³/mol. The average molecular weight is 825 g/mol. The van der Waals surface area contributed by atoms with Crippen LogP contribution >= 0.6 is 0 Å². The summed E-state index contributed by atoms with van der Waals surface area (Å²) in [7, 11) is 0. The maximum absolute atomic E-state index is 14.0. The summed E-state index contributed by atoms with van der Waals surface area (Å²) in [5, 5.41) is 29.7.